The Kier molecular flexibility index (Phi) is 8.06. The van der Waals surface area contributed by atoms with E-state index >= 15 is 0 Å². The first-order valence-corrected chi connectivity index (χ1v) is 14.1. The predicted octanol–water partition coefficient (Wildman–Crippen LogP) is 5.23. The minimum absolute atomic E-state index is 0.00318. The molecule has 0 bridgehead atoms. The van der Waals surface area contributed by atoms with Gasteiger partial charge in [0.05, 0.1) is 10.5 Å². The molecule has 4 aromatic carbocycles. The first-order valence-electron chi connectivity index (χ1n) is 12.6. The lowest BCUT2D eigenvalue weighted by molar-refractivity contribution is -0.123. The molecule has 1 aliphatic heterocycles. The molecule has 1 atom stereocenters. The number of hydrogen-bond donors (Lipinski definition) is 2. The fraction of sp³-hybridized carbons (Fsp3) is 0.133. The highest BCUT2D eigenvalue weighted by Gasteiger charge is 2.21. The molecule has 4 aromatic rings. The van der Waals surface area contributed by atoms with E-state index in [-0.39, 0.29) is 16.1 Å². The summed E-state index contributed by atoms with van der Waals surface area (Å²) in [6.07, 6.45) is -1.09. The zero-order valence-corrected chi connectivity index (χ0v) is 22.7. The smallest absolute Gasteiger partial charge is 0.338 e. The number of fused-ring (bicyclic) bond motifs is 1. The number of carbonyl (C=O) groups excluding carboxylic acids is 2. The third kappa shape index (κ3) is 6.95. The van der Waals surface area contributed by atoms with E-state index in [1.165, 1.54) is 49.4 Å². The van der Waals surface area contributed by atoms with Gasteiger partial charge in [0.1, 0.15) is 24.7 Å². The van der Waals surface area contributed by atoms with Gasteiger partial charge in [-0.3, -0.25) is 9.52 Å². The van der Waals surface area contributed by atoms with Gasteiger partial charge in [0.25, 0.3) is 15.9 Å². The topological polar surface area (TPSA) is 129 Å². The molecule has 0 spiro atoms. The van der Waals surface area contributed by atoms with E-state index in [1.54, 1.807) is 24.3 Å². The molecule has 1 aliphatic rings. The van der Waals surface area contributed by atoms with Crippen LogP contribution in [-0.4, -0.2) is 39.6 Å². The van der Waals surface area contributed by atoms with Gasteiger partial charge in [0.15, 0.2) is 17.6 Å². The molecule has 2 N–H and O–H groups in total. The summed E-state index contributed by atoms with van der Waals surface area (Å²) < 4.78 is 50.0. The molecule has 0 radical (unpaired) electrons. The fourth-order valence-corrected chi connectivity index (χ4v) is 4.91. The Morgan fingerprint density at radius 2 is 1.41 bits per heavy atom. The van der Waals surface area contributed by atoms with Crippen LogP contribution < -0.4 is 24.2 Å². The van der Waals surface area contributed by atoms with Crippen molar-refractivity contribution in [3.05, 3.63) is 103 Å². The Morgan fingerprint density at radius 3 is 2.12 bits per heavy atom. The summed E-state index contributed by atoms with van der Waals surface area (Å²) >= 11 is 0. The molecule has 0 saturated heterocycles. The molecule has 210 valence electrons. The second kappa shape index (κ2) is 12.0. The number of benzene rings is 4. The minimum Gasteiger partial charge on any atom is -0.486 e. The SMILES string of the molecule is C[C@@H](OC(=O)c1ccc(NS(=O)(=O)c2ccc3c(c2)OCCO3)cc1)C(=O)Nc1ccc(Oc2ccccc2)cc1. The summed E-state index contributed by atoms with van der Waals surface area (Å²) in [5, 5.41) is 2.69. The van der Waals surface area contributed by atoms with Crippen molar-refractivity contribution in [3.8, 4) is 23.0 Å². The first-order chi connectivity index (χ1) is 19.8. The maximum atomic E-state index is 12.8. The van der Waals surface area contributed by atoms with Gasteiger partial charge in [-0.15, -0.1) is 0 Å². The first kappa shape index (κ1) is 27.5. The van der Waals surface area contributed by atoms with E-state index in [0.29, 0.717) is 41.9 Å². The molecule has 0 aromatic heterocycles. The number of rotatable bonds is 9. The summed E-state index contributed by atoms with van der Waals surface area (Å²) in [6.45, 7) is 2.18. The molecule has 5 rings (SSSR count). The molecule has 0 fully saturated rings. The number of amides is 1. The summed E-state index contributed by atoms with van der Waals surface area (Å²) in [5.74, 6) is 0.872. The number of hydrogen-bond acceptors (Lipinski definition) is 8. The lowest BCUT2D eigenvalue weighted by Crippen LogP contribution is -2.30. The van der Waals surface area contributed by atoms with Crippen LogP contribution in [0.25, 0.3) is 0 Å². The van der Waals surface area contributed by atoms with Crippen molar-refractivity contribution in [2.24, 2.45) is 0 Å². The van der Waals surface area contributed by atoms with Gasteiger partial charge in [-0.05, 0) is 79.7 Å². The molecule has 41 heavy (non-hydrogen) atoms. The molecular weight excluding hydrogens is 548 g/mol. The van der Waals surface area contributed by atoms with Crippen LogP contribution in [0.15, 0.2) is 102 Å². The van der Waals surface area contributed by atoms with Gasteiger partial charge in [-0.25, -0.2) is 13.2 Å². The Morgan fingerprint density at radius 1 is 0.780 bits per heavy atom. The van der Waals surface area contributed by atoms with Crippen LogP contribution in [0.4, 0.5) is 11.4 Å². The number of ether oxygens (including phenoxy) is 4. The van der Waals surface area contributed by atoms with E-state index in [9.17, 15) is 18.0 Å². The van der Waals surface area contributed by atoms with Crippen molar-refractivity contribution in [2.45, 2.75) is 17.9 Å². The second-order valence-corrected chi connectivity index (χ2v) is 10.6. The minimum atomic E-state index is -3.92. The number of sulfonamides is 1. The summed E-state index contributed by atoms with van der Waals surface area (Å²) in [6, 6.07) is 26.1. The monoisotopic (exact) mass is 574 g/mol. The second-order valence-electron chi connectivity index (χ2n) is 8.96. The molecule has 11 heteroatoms. The lowest BCUT2D eigenvalue weighted by Gasteiger charge is -2.19. The van der Waals surface area contributed by atoms with Crippen LogP contribution >= 0.6 is 0 Å². The lowest BCUT2D eigenvalue weighted by atomic mass is 10.2. The standard InChI is InChI=1S/C30H26N2O8S/c1-20(29(33)31-22-11-13-25(14-12-22)40-24-5-3-2-4-6-24)39-30(34)21-7-9-23(10-8-21)32-41(35,36)26-15-16-27-28(19-26)38-18-17-37-27/h2-16,19-20,32H,17-18H2,1H3,(H,31,33)/t20-/m1/s1. The van der Waals surface area contributed by atoms with Crippen molar-refractivity contribution in [3.63, 3.8) is 0 Å². The summed E-state index contributed by atoms with van der Waals surface area (Å²) in [7, 11) is -3.92. The number of carbonyl (C=O) groups is 2. The normalized spacial score (nSPS) is 13.0. The quantitative estimate of drug-likeness (QED) is 0.260. The third-order valence-electron chi connectivity index (χ3n) is 5.95. The molecule has 1 heterocycles. The number of esters is 1. The van der Waals surface area contributed by atoms with Crippen LogP contribution in [-0.2, 0) is 19.6 Å². The van der Waals surface area contributed by atoms with E-state index in [0.717, 1.165) is 0 Å². The Balaban J connectivity index is 1.14. The van der Waals surface area contributed by atoms with Crippen molar-refractivity contribution in [2.75, 3.05) is 23.3 Å². The fourth-order valence-electron chi connectivity index (χ4n) is 3.84. The number of nitrogens with one attached hydrogen (secondary N) is 2. The van der Waals surface area contributed by atoms with Crippen molar-refractivity contribution in [1.82, 2.24) is 0 Å². The average Bonchev–Trinajstić information content (AvgIpc) is 2.98. The van der Waals surface area contributed by atoms with Crippen LogP contribution in [0, 0.1) is 0 Å². The highest BCUT2D eigenvalue weighted by atomic mass is 32.2. The number of para-hydroxylation sites is 1. The van der Waals surface area contributed by atoms with E-state index in [4.69, 9.17) is 18.9 Å². The predicted molar refractivity (Wildman–Crippen MR) is 151 cm³/mol. The maximum Gasteiger partial charge on any atom is 0.338 e. The molecular formula is C30H26N2O8S. The van der Waals surface area contributed by atoms with Gasteiger partial charge in [0, 0.05) is 17.4 Å². The summed E-state index contributed by atoms with van der Waals surface area (Å²) in [5.41, 5.74) is 0.893. The van der Waals surface area contributed by atoms with Gasteiger partial charge in [-0.1, -0.05) is 18.2 Å². The van der Waals surface area contributed by atoms with Gasteiger partial charge < -0.3 is 24.3 Å². The molecule has 1 amide bonds. The number of anilines is 2. The Hall–Kier alpha value is -5.03. The summed E-state index contributed by atoms with van der Waals surface area (Å²) in [4.78, 5) is 25.2. The van der Waals surface area contributed by atoms with Crippen LogP contribution in [0.5, 0.6) is 23.0 Å². The Labute approximate surface area is 236 Å². The highest BCUT2D eigenvalue weighted by Crippen LogP contribution is 2.33. The average molecular weight is 575 g/mol. The molecule has 0 saturated carbocycles. The molecule has 10 nitrogen and oxygen atoms in total. The van der Waals surface area contributed by atoms with Crippen LogP contribution in [0.3, 0.4) is 0 Å². The third-order valence-corrected chi connectivity index (χ3v) is 7.33. The zero-order valence-electron chi connectivity index (χ0n) is 21.9. The van der Waals surface area contributed by atoms with Crippen molar-refractivity contribution < 1.29 is 37.0 Å². The largest absolute Gasteiger partial charge is 0.486 e. The molecule has 0 aliphatic carbocycles. The highest BCUT2D eigenvalue weighted by molar-refractivity contribution is 7.92. The van der Waals surface area contributed by atoms with E-state index in [1.807, 2.05) is 30.3 Å². The van der Waals surface area contributed by atoms with E-state index < -0.39 is 28.0 Å². The van der Waals surface area contributed by atoms with Gasteiger partial charge in [-0.2, -0.15) is 0 Å². The van der Waals surface area contributed by atoms with Gasteiger partial charge >= 0.3 is 5.97 Å². The van der Waals surface area contributed by atoms with E-state index in [2.05, 4.69) is 10.0 Å². The maximum absolute atomic E-state index is 12.8. The van der Waals surface area contributed by atoms with Crippen molar-refractivity contribution in [1.29, 1.82) is 0 Å². The van der Waals surface area contributed by atoms with Gasteiger partial charge in [0.2, 0.25) is 0 Å². The van der Waals surface area contributed by atoms with Crippen LogP contribution in [0.1, 0.15) is 17.3 Å². The van der Waals surface area contributed by atoms with Crippen molar-refractivity contribution >= 4 is 33.3 Å². The Bertz CT molecular complexity index is 1640. The molecule has 0 unspecified atom stereocenters. The van der Waals surface area contributed by atoms with Crippen LogP contribution in [0.2, 0.25) is 0 Å². The zero-order chi connectivity index (χ0) is 28.8.